The number of carbonyl (C=O) groups excluding carboxylic acids is 1. The standard InChI is InChI=1S/C15H17ClN2O.C12H25N/c1-9(19)13-7-10-6-11(16)8-14(15(10)18-13)17-12-4-2-3-5-12;1-3-8-12(4-2)11-13-9-6-5-7-10-13/h6-8,12,17-18H,2-5H2,1H3;12H,3-11H2,1-2H3. The molecule has 2 fully saturated rings. The van der Waals surface area contributed by atoms with E-state index in [1.165, 1.54) is 83.8 Å². The van der Waals surface area contributed by atoms with Crippen molar-refractivity contribution in [2.45, 2.75) is 91.0 Å². The Labute approximate surface area is 199 Å². The van der Waals surface area contributed by atoms with Gasteiger partial charge in [0.25, 0.3) is 0 Å². The van der Waals surface area contributed by atoms with Gasteiger partial charge in [0.15, 0.2) is 5.78 Å². The van der Waals surface area contributed by atoms with Crippen LogP contribution in [0.1, 0.15) is 95.5 Å². The summed E-state index contributed by atoms with van der Waals surface area (Å²) in [6.07, 6.45) is 13.4. The first-order chi connectivity index (χ1) is 15.5. The van der Waals surface area contributed by atoms with Crippen LogP contribution in [0.3, 0.4) is 0 Å². The van der Waals surface area contributed by atoms with E-state index in [0.717, 1.165) is 22.5 Å². The summed E-state index contributed by atoms with van der Waals surface area (Å²) in [6, 6.07) is 6.21. The molecular weight excluding hydrogens is 418 g/mol. The summed E-state index contributed by atoms with van der Waals surface area (Å²) in [4.78, 5) is 17.3. The number of likely N-dealkylation sites (tertiary alicyclic amines) is 1. The molecule has 4 nitrogen and oxygen atoms in total. The average Bonchev–Trinajstić information content (AvgIpc) is 3.44. The number of aromatic nitrogens is 1. The highest BCUT2D eigenvalue weighted by atomic mass is 35.5. The SMILES string of the molecule is CC(=O)c1cc2cc(Cl)cc(NC3CCCC3)c2[nH]1.CCCC(CC)CN1CCCCC1. The van der Waals surface area contributed by atoms with E-state index in [4.69, 9.17) is 11.6 Å². The normalized spacial score (nSPS) is 18.4. The second-order valence-corrected chi connectivity index (χ2v) is 10.1. The molecule has 2 aromatic rings. The van der Waals surface area contributed by atoms with Gasteiger partial charge >= 0.3 is 0 Å². The van der Waals surface area contributed by atoms with Gasteiger partial charge in [0.05, 0.1) is 16.9 Å². The van der Waals surface area contributed by atoms with E-state index in [9.17, 15) is 4.79 Å². The minimum absolute atomic E-state index is 0.0409. The molecule has 0 amide bonds. The van der Waals surface area contributed by atoms with Gasteiger partial charge in [-0.05, 0) is 69.3 Å². The van der Waals surface area contributed by atoms with E-state index in [-0.39, 0.29) is 5.78 Å². The average molecular weight is 460 g/mol. The van der Waals surface area contributed by atoms with Crippen LogP contribution >= 0.6 is 11.6 Å². The summed E-state index contributed by atoms with van der Waals surface area (Å²) in [5.41, 5.74) is 2.61. The van der Waals surface area contributed by atoms with Gasteiger partial charge in [0.2, 0.25) is 0 Å². The number of ketones is 1. The van der Waals surface area contributed by atoms with Crippen LogP contribution in [-0.4, -0.2) is 41.3 Å². The molecule has 1 aliphatic heterocycles. The zero-order chi connectivity index (χ0) is 22.9. The molecule has 32 heavy (non-hydrogen) atoms. The van der Waals surface area contributed by atoms with Crippen molar-refractivity contribution < 1.29 is 4.79 Å². The van der Waals surface area contributed by atoms with E-state index in [2.05, 4.69) is 29.0 Å². The highest BCUT2D eigenvalue weighted by Crippen LogP contribution is 2.31. The van der Waals surface area contributed by atoms with Crippen LogP contribution in [0.15, 0.2) is 18.2 Å². The van der Waals surface area contributed by atoms with Crippen molar-refractivity contribution in [3.8, 4) is 0 Å². The molecule has 1 saturated heterocycles. The lowest BCUT2D eigenvalue weighted by atomic mass is 9.99. The van der Waals surface area contributed by atoms with Crippen molar-refractivity contribution in [3.05, 3.63) is 28.9 Å². The number of Topliss-reactive ketones (excluding diaryl/α,β-unsaturated/α-hetero) is 1. The lowest BCUT2D eigenvalue weighted by Crippen LogP contribution is -2.34. The predicted octanol–water partition coefficient (Wildman–Crippen LogP) is 7.68. The Kier molecular flexibility index (Phi) is 9.92. The number of anilines is 1. The predicted molar refractivity (Wildman–Crippen MR) is 138 cm³/mol. The third-order valence-corrected chi connectivity index (χ3v) is 7.24. The Hall–Kier alpha value is -1.52. The maximum absolute atomic E-state index is 11.5. The molecule has 178 valence electrons. The van der Waals surface area contributed by atoms with Crippen LogP contribution in [0, 0.1) is 5.92 Å². The van der Waals surface area contributed by atoms with E-state index in [1.54, 1.807) is 6.92 Å². The Morgan fingerprint density at radius 1 is 1.12 bits per heavy atom. The lowest BCUT2D eigenvalue weighted by molar-refractivity contribution is 0.101. The molecule has 2 N–H and O–H groups in total. The van der Waals surface area contributed by atoms with E-state index in [0.29, 0.717) is 16.8 Å². The van der Waals surface area contributed by atoms with Crippen LogP contribution in [0.4, 0.5) is 5.69 Å². The number of nitrogens with one attached hydrogen (secondary N) is 2. The molecule has 2 heterocycles. The minimum atomic E-state index is 0.0409. The van der Waals surface area contributed by atoms with Crippen molar-refractivity contribution in [1.82, 2.24) is 9.88 Å². The smallest absolute Gasteiger partial charge is 0.175 e. The molecule has 1 aromatic carbocycles. The molecule has 2 aliphatic rings. The molecule has 0 spiro atoms. The number of benzene rings is 1. The van der Waals surface area contributed by atoms with E-state index in [1.807, 2.05) is 18.2 Å². The van der Waals surface area contributed by atoms with Crippen LogP contribution in [0.25, 0.3) is 10.9 Å². The van der Waals surface area contributed by atoms with Gasteiger partial charge in [-0.2, -0.15) is 0 Å². The molecule has 1 unspecified atom stereocenters. The largest absolute Gasteiger partial charge is 0.381 e. The highest BCUT2D eigenvalue weighted by Gasteiger charge is 2.17. The fourth-order valence-corrected chi connectivity index (χ4v) is 5.37. The van der Waals surface area contributed by atoms with Gasteiger partial charge < -0.3 is 15.2 Å². The fraction of sp³-hybridized carbons (Fsp3) is 0.667. The van der Waals surface area contributed by atoms with Crippen LogP contribution in [0.2, 0.25) is 5.02 Å². The van der Waals surface area contributed by atoms with Gasteiger partial charge in [-0.3, -0.25) is 4.79 Å². The van der Waals surface area contributed by atoms with E-state index >= 15 is 0 Å². The summed E-state index contributed by atoms with van der Waals surface area (Å²) in [5.74, 6) is 1.00. The van der Waals surface area contributed by atoms with Gasteiger partial charge in [0, 0.05) is 29.9 Å². The van der Waals surface area contributed by atoms with Crippen molar-refractivity contribution in [1.29, 1.82) is 0 Å². The molecule has 1 aromatic heterocycles. The minimum Gasteiger partial charge on any atom is -0.381 e. The van der Waals surface area contributed by atoms with Crippen molar-refractivity contribution in [2.75, 3.05) is 25.0 Å². The van der Waals surface area contributed by atoms with Gasteiger partial charge in [0.1, 0.15) is 0 Å². The van der Waals surface area contributed by atoms with Gasteiger partial charge in [-0.25, -0.2) is 0 Å². The monoisotopic (exact) mass is 459 g/mol. The number of H-pyrrole nitrogens is 1. The topological polar surface area (TPSA) is 48.1 Å². The molecule has 0 radical (unpaired) electrons. The molecule has 1 aliphatic carbocycles. The number of aromatic amines is 1. The Morgan fingerprint density at radius 3 is 2.47 bits per heavy atom. The highest BCUT2D eigenvalue weighted by molar-refractivity contribution is 6.32. The van der Waals surface area contributed by atoms with E-state index < -0.39 is 0 Å². The molecule has 1 atom stereocenters. The lowest BCUT2D eigenvalue weighted by Gasteiger charge is -2.30. The number of nitrogens with zero attached hydrogens (tertiary/aromatic N) is 1. The number of hydrogen-bond acceptors (Lipinski definition) is 3. The molecule has 1 saturated carbocycles. The van der Waals surface area contributed by atoms with Gasteiger partial charge in [-0.15, -0.1) is 0 Å². The fourth-order valence-electron chi connectivity index (χ4n) is 5.14. The first kappa shape index (κ1) is 25.1. The number of piperidine rings is 1. The quantitative estimate of drug-likeness (QED) is 0.398. The zero-order valence-electron chi connectivity index (χ0n) is 20.3. The summed E-state index contributed by atoms with van der Waals surface area (Å²) >= 11 is 6.16. The molecule has 5 heteroatoms. The van der Waals surface area contributed by atoms with Crippen LogP contribution in [-0.2, 0) is 0 Å². The maximum atomic E-state index is 11.5. The first-order valence-electron chi connectivity index (χ1n) is 12.8. The van der Waals surface area contributed by atoms with Crippen LogP contribution in [0.5, 0.6) is 0 Å². The second-order valence-electron chi connectivity index (χ2n) is 9.71. The third-order valence-electron chi connectivity index (χ3n) is 7.03. The number of halogens is 1. The molecule has 4 rings (SSSR count). The number of rotatable bonds is 8. The maximum Gasteiger partial charge on any atom is 0.175 e. The van der Waals surface area contributed by atoms with Crippen LogP contribution < -0.4 is 5.32 Å². The summed E-state index contributed by atoms with van der Waals surface area (Å²) in [6.45, 7) is 10.3. The summed E-state index contributed by atoms with van der Waals surface area (Å²) in [7, 11) is 0. The van der Waals surface area contributed by atoms with Gasteiger partial charge in [-0.1, -0.05) is 57.6 Å². The Balaban J connectivity index is 0.000000195. The van der Waals surface area contributed by atoms with Crippen molar-refractivity contribution in [3.63, 3.8) is 0 Å². The Bertz CT molecular complexity index is 847. The number of carbonyl (C=O) groups is 1. The first-order valence-corrected chi connectivity index (χ1v) is 13.2. The summed E-state index contributed by atoms with van der Waals surface area (Å²) in [5, 5.41) is 5.23. The number of hydrogen-bond donors (Lipinski definition) is 2. The van der Waals surface area contributed by atoms with Crippen molar-refractivity contribution in [2.24, 2.45) is 5.92 Å². The summed E-state index contributed by atoms with van der Waals surface area (Å²) < 4.78 is 0. The Morgan fingerprint density at radius 2 is 1.84 bits per heavy atom. The molecular formula is C27H42ClN3O. The second kappa shape index (κ2) is 12.6. The molecule has 0 bridgehead atoms. The zero-order valence-corrected chi connectivity index (χ0v) is 21.1. The number of fused-ring (bicyclic) bond motifs is 1. The van der Waals surface area contributed by atoms with Crippen molar-refractivity contribution >= 4 is 34.0 Å². The third kappa shape index (κ3) is 7.25.